The lowest BCUT2D eigenvalue weighted by Gasteiger charge is -2.19. The Balaban J connectivity index is 2.13. The summed E-state index contributed by atoms with van der Waals surface area (Å²) in [6.07, 6.45) is 0.935. The van der Waals surface area contributed by atoms with E-state index in [0.717, 1.165) is 30.9 Å². The normalized spacial score (nSPS) is 21.5. The summed E-state index contributed by atoms with van der Waals surface area (Å²) in [4.78, 5) is 2.17. The Labute approximate surface area is 83.5 Å². The molecule has 1 saturated heterocycles. The van der Waals surface area contributed by atoms with E-state index in [0.29, 0.717) is 0 Å². The van der Waals surface area contributed by atoms with E-state index in [1.165, 1.54) is 0 Å². The zero-order valence-corrected chi connectivity index (χ0v) is 8.12. The fourth-order valence-corrected chi connectivity index (χ4v) is 1.95. The molecule has 0 spiro atoms. The van der Waals surface area contributed by atoms with Gasteiger partial charge in [0.15, 0.2) is 0 Å². The minimum atomic E-state index is -0.219. The van der Waals surface area contributed by atoms with Crippen LogP contribution in [0.4, 0.5) is 15.8 Å². The number of halogens is 1. The van der Waals surface area contributed by atoms with Gasteiger partial charge in [0.05, 0.1) is 18.0 Å². The van der Waals surface area contributed by atoms with Crippen LogP contribution < -0.4 is 10.6 Å². The van der Waals surface area contributed by atoms with Crippen molar-refractivity contribution in [3.05, 3.63) is 24.3 Å². The summed E-state index contributed by atoms with van der Waals surface area (Å²) < 4.78 is 12.4. The van der Waals surface area contributed by atoms with E-state index in [9.17, 15) is 4.39 Å². The van der Waals surface area contributed by atoms with Gasteiger partial charge in [-0.1, -0.05) is 12.1 Å². The van der Waals surface area contributed by atoms with Gasteiger partial charge in [0.2, 0.25) is 0 Å². The van der Waals surface area contributed by atoms with Crippen molar-refractivity contribution in [2.75, 3.05) is 30.4 Å². The van der Waals surface area contributed by atoms with E-state index in [-0.39, 0.29) is 12.6 Å². The maximum atomic E-state index is 12.4. The molecule has 1 aliphatic heterocycles. The quantitative estimate of drug-likeness (QED) is 0.730. The number of anilines is 2. The van der Waals surface area contributed by atoms with Crippen LogP contribution >= 0.6 is 0 Å². The van der Waals surface area contributed by atoms with Gasteiger partial charge in [0.25, 0.3) is 0 Å². The third kappa shape index (κ3) is 1.67. The SMILES string of the molecule is Nc1ccccc1N1CC[C@H](CF)C1. The Morgan fingerprint density at radius 2 is 2.21 bits per heavy atom. The zero-order valence-electron chi connectivity index (χ0n) is 8.12. The van der Waals surface area contributed by atoms with Crippen molar-refractivity contribution >= 4 is 11.4 Å². The summed E-state index contributed by atoms with van der Waals surface area (Å²) in [6.45, 7) is 1.50. The third-order valence-corrected chi connectivity index (χ3v) is 2.78. The van der Waals surface area contributed by atoms with Gasteiger partial charge >= 0.3 is 0 Å². The molecule has 1 aromatic carbocycles. The molecule has 1 heterocycles. The summed E-state index contributed by atoms with van der Waals surface area (Å²) in [5.74, 6) is 0.189. The predicted molar refractivity (Wildman–Crippen MR) is 57.1 cm³/mol. The number of hydrogen-bond acceptors (Lipinski definition) is 2. The van der Waals surface area contributed by atoms with Gasteiger partial charge in [-0.2, -0.15) is 0 Å². The predicted octanol–water partition coefficient (Wildman–Crippen LogP) is 2.06. The molecule has 0 aliphatic carbocycles. The molecule has 0 amide bonds. The molecule has 0 unspecified atom stereocenters. The maximum absolute atomic E-state index is 12.4. The van der Waals surface area contributed by atoms with Crippen molar-refractivity contribution in [1.29, 1.82) is 0 Å². The second kappa shape index (κ2) is 3.86. The van der Waals surface area contributed by atoms with Crippen LogP contribution in [0, 0.1) is 5.92 Å². The molecule has 2 nitrogen and oxygen atoms in total. The van der Waals surface area contributed by atoms with Crippen LogP contribution in [0.2, 0.25) is 0 Å². The number of hydrogen-bond donors (Lipinski definition) is 1. The minimum absolute atomic E-state index is 0.189. The Kier molecular flexibility index (Phi) is 2.57. The number of nitrogens with two attached hydrogens (primary N) is 1. The van der Waals surface area contributed by atoms with Crippen molar-refractivity contribution in [3.8, 4) is 0 Å². The van der Waals surface area contributed by atoms with Gasteiger partial charge in [-0.15, -0.1) is 0 Å². The molecular weight excluding hydrogens is 179 g/mol. The summed E-state index contributed by atoms with van der Waals surface area (Å²) in [5, 5.41) is 0. The lowest BCUT2D eigenvalue weighted by Crippen LogP contribution is -2.21. The van der Waals surface area contributed by atoms with E-state index in [2.05, 4.69) is 4.90 Å². The van der Waals surface area contributed by atoms with Crippen LogP contribution in [-0.2, 0) is 0 Å². The van der Waals surface area contributed by atoms with Crippen LogP contribution in [0.25, 0.3) is 0 Å². The molecule has 1 aliphatic rings. The highest BCUT2D eigenvalue weighted by atomic mass is 19.1. The molecule has 2 rings (SSSR count). The fraction of sp³-hybridized carbons (Fsp3) is 0.455. The first-order valence-electron chi connectivity index (χ1n) is 4.96. The lowest BCUT2D eigenvalue weighted by molar-refractivity contribution is 0.385. The van der Waals surface area contributed by atoms with Crippen molar-refractivity contribution in [2.45, 2.75) is 6.42 Å². The molecule has 3 heteroatoms. The van der Waals surface area contributed by atoms with E-state index < -0.39 is 0 Å². The van der Waals surface area contributed by atoms with E-state index in [1.807, 2.05) is 24.3 Å². The maximum Gasteiger partial charge on any atom is 0.0940 e. The highest BCUT2D eigenvalue weighted by Gasteiger charge is 2.23. The molecule has 2 N–H and O–H groups in total. The van der Waals surface area contributed by atoms with Crippen LogP contribution in [0.1, 0.15) is 6.42 Å². The largest absolute Gasteiger partial charge is 0.397 e. The van der Waals surface area contributed by atoms with E-state index in [4.69, 9.17) is 5.73 Å². The fourth-order valence-electron chi connectivity index (χ4n) is 1.95. The summed E-state index contributed by atoms with van der Waals surface area (Å²) in [5.41, 5.74) is 7.68. The van der Waals surface area contributed by atoms with Crippen molar-refractivity contribution < 1.29 is 4.39 Å². The second-order valence-corrected chi connectivity index (χ2v) is 3.81. The van der Waals surface area contributed by atoms with Gasteiger partial charge < -0.3 is 10.6 Å². The molecular formula is C11H15FN2. The molecule has 1 fully saturated rings. The Bertz CT molecular complexity index is 314. The molecule has 1 atom stereocenters. The number of benzene rings is 1. The second-order valence-electron chi connectivity index (χ2n) is 3.81. The number of alkyl halides is 1. The van der Waals surface area contributed by atoms with Crippen molar-refractivity contribution in [1.82, 2.24) is 0 Å². The Morgan fingerprint density at radius 3 is 2.86 bits per heavy atom. The molecule has 0 bridgehead atoms. The topological polar surface area (TPSA) is 29.3 Å². The van der Waals surface area contributed by atoms with Crippen LogP contribution in [0.5, 0.6) is 0 Å². The molecule has 0 saturated carbocycles. The van der Waals surface area contributed by atoms with Gasteiger partial charge in [-0.05, 0) is 18.6 Å². The average molecular weight is 194 g/mol. The molecule has 0 radical (unpaired) electrons. The third-order valence-electron chi connectivity index (χ3n) is 2.78. The first-order valence-corrected chi connectivity index (χ1v) is 4.96. The van der Waals surface area contributed by atoms with Gasteiger partial charge in [0, 0.05) is 19.0 Å². The van der Waals surface area contributed by atoms with E-state index in [1.54, 1.807) is 0 Å². The summed E-state index contributed by atoms with van der Waals surface area (Å²) in [6, 6.07) is 7.77. The number of rotatable bonds is 2. The summed E-state index contributed by atoms with van der Waals surface area (Å²) in [7, 11) is 0. The highest BCUT2D eigenvalue weighted by Crippen LogP contribution is 2.28. The first kappa shape index (κ1) is 9.31. The first-order chi connectivity index (χ1) is 6.81. The Morgan fingerprint density at radius 1 is 1.43 bits per heavy atom. The average Bonchev–Trinajstić information content (AvgIpc) is 2.67. The van der Waals surface area contributed by atoms with Crippen molar-refractivity contribution in [3.63, 3.8) is 0 Å². The monoisotopic (exact) mass is 194 g/mol. The number of nitrogen functional groups attached to an aromatic ring is 1. The molecule has 1 aromatic rings. The lowest BCUT2D eigenvalue weighted by atomic mass is 10.1. The highest BCUT2D eigenvalue weighted by molar-refractivity contribution is 5.67. The van der Waals surface area contributed by atoms with Crippen LogP contribution in [-0.4, -0.2) is 19.8 Å². The zero-order chi connectivity index (χ0) is 9.97. The van der Waals surface area contributed by atoms with E-state index >= 15 is 0 Å². The summed E-state index contributed by atoms with van der Waals surface area (Å²) >= 11 is 0. The van der Waals surface area contributed by atoms with Gasteiger partial charge in [-0.3, -0.25) is 4.39 Å². The standard InChI is InChI=1S/C11H15FN2/c12-7-9-5-6-14(8-9)11-4-2-1-3-10(11)13/h1-4,9H,5-8,13H2/t9-/m1/s1. The Hall–Kier alpha value is -1.25. The van der Waals surface area contributed by atoms with Crippen LogP contribution in [0.3, 0.4) is 0 Å². The minimum Gasteiger partial charge on any atom is -0.397 e. The smallest absolute Gasteiger partial charge is 0.0940 e. The molecule has 14 heavy (non-hydrogen) atoms. The van der Waals surface area contributed by atoms with Gasteiger partial charge in [-0.25, -0.2) is 0 Å². The number of nitrogens with zero attached hydrogens (tertiary/aromatic N) is 1. The molecule has 76 valence electrons. The van der Waals surface area contributed by atoms with Crippen molar-refractivity contribution in [2.24, 2.45) is 5.92 Å². The number of para-hydroxylation sites is 2. The van der Waals surface area contributed by atoms with Crippen LogP contribution in [0.15, 0.2) is 24.3 Å². The molecule has 0 aromatic heterocycles. The van der Waals surface area contributed by atoms with Gasteiger partial charge in [0.1, 0.15) is 0 Å².